The molecule has 2 heterocycles. The van der Waals surface area contributed by atoms with E-state index >= 15 is 0 Å². The first-order valence-corrected chi connectivity index (χ1v) is 9.17. The summed E-state index contributed by atoms with van der Waals surface area (Å²) in [5, 5.41) is 10.8. The summed E-state index contributed by atoms with van der Waals surface area (Å²) in [6.07, 6.45) is 2.51. The molecule has 0 N–H and O–H groups in total. The van der Waals surface area contributed by atoms with Crippen LogP contribution in [0.4, 0.5) is 4.79 Å². The SMILES string of the molecule is CCOC(=O)N1C=C(C)c2onc(-c3c(C)c(Cl)c(C)c(Cl)c3C)c2C=N1. The van der Waals surface area contributed by atoms with Crippen LogP contribution in [0.2, 0.25) is 10.0 Å². The molecule has 3 rings (SSSR count). The average Bonchev–Trinajstić information content (AvgIpc) is 2.97. The minimum Gasteiger partial charge on any atom is -0.448 e. The summed E-state index contributed by atoms with van der Waals surface area (Å²) in [6.45, 7) is 9.51. The number of hydrazone groups is 1. The van der Waals surface area contributed by atoms with Crippen LogP contribution in [0.25, 0.3) is 16.8 Å². The van der Waals surface area contributed by atoms with E-state index < -0.39 is 6.09 Å². The molecule has 27 heavy (non-hydrogen) atoms. The van der Waals surface area contributed by atoms with Crippen molar-refractivity contribution >= 4 is 41.1 Å². The van der Waals surface area contributed by atoms with E-state index in [0.717, 1.165) is 27.3 Å². The molecule has 0 unspecified atom stereocenters. The van der Waals surface area contributed by atoms with Crippen molar-refractivity contribution in [3.05, 3.63) is 44.3 Å². The summed E-state index contributed by atoms with van der Waals surface area (Å²) in [5.41, 5.74) is 5.24. The van der Waals surface area contributed by atoms with Gasteiger partial charge in [-0.05, 0) is 51.3 Å². The Morgan fingerprint density at radius 1 is 1.15 bits per heavy atom. The van der Waals surface area contributed by atoms with Gasteiger partial charge < -0.3 is 9.26 Å². The third-order valence-electron chi connectivity index (χ3n) is 4.47. The largest absolute Gasteiger partial charge is 0.448 e. The molecular weight excluding hydrogens is 389 g/mol. The lowest BCUT2D eigenvalue weighted by Gasteiger charge is -2.15. The third-order valence-corrected chi connectivity index (χ3v) is 5.61. The van der Waals surface area contributed by atoms with Gasteiger partial charge in [0, 0.05) is 27.4 Å². The molecule has 0 saturated carbocycles. The van der Waals surface area contributed by atoms with Crippen LogP contribution in [-0.4, -0.2) is 29.1 Å². The second-order valence-corrected chi connectivity index (χ2v) is 7.01. The van der Waals surface area contributed by atoms with Gasteiger partial charge in [-0.2, -0.15) is 10.1 Å². The van der Waals surface area contributed by atoms with Crippen LogP contribution in [0, 0.1) is 20.8 Å². The number of amides is 1. The molecule has 0 atom stereocenters. The van der Waals surface area contributed by atoms with Gasteiger partial charge in [0.2, 0.25) is 0 Å². The monoisotopic (exact) mass is 407 g/mol. The van der Waals surface area contributed by atoms with E-state index in [9.17, 15) is 4.79 Å². The van der Waals surface area contributed by atoms with E-state index in [4.69, 9.17) is 32.5 Å². The fourth-order valence-electron chi connectivity index (χ4n) is 3.08. The quantitative estimate of drug-likeness (QED) is 0.636. The average molecular weight is 408 g/mol. The van der Waals surface area contributed by atoms with Crippen molar-refractivity contribution < 1.29 is 14.1 Å². The lowest BCUT2D eigenvalue weighted by Crippen LogP contribution is -2.21. The first-order valence-electron chi connectivity index (χ1n) is 8.41. The van der Waals surface area contributed by atoms with E-state index in [1.165, 1.54) is 6.21 Å². The maximum Gasteiger partial charge on any atom is 0.434 e. The van der Waals surface area contributed by atoms with Crippen LogP contribution < -0.4 is 0 Å². The second kappa shape index (κ2) is 7.37. The molecule has 1 aliphatic heterocycles. The van der Waals surface area contributed by atoms with Crippen molar-refractivity contribution in [1.29, 1.82) is 0 Å². The van der Waals surface area contributed by atoms with Crippen LogP contribution in [0.1, 0.15) is 41.9 Å². The fourth-order valence-corrected chi connectivity index (χ4v) is 3.51. The molecule has 1 aromatic carbocycles. The molecule has 6 nitrogen and oxygen atoms in total. The number of ether oxygens (including phenoxy) is 1. The smallest absolute Gasteiger partial charge is 0.434 e. The highest BCUT2D eigenvalue weighted by molar-refractivity contribution is 6.37. The number of benzene rings is 1. The van der Waals surface area contributed by atoms with Crippen molar-refractivity contribution in [1.82, 2.24) is 10.2 Å². The third kappa shape index (κ3) is 3.24. The molecule has 0 bridgehead atoms. The number of carbonyl (C=O) groups excluding carboxylic acids is 1. The molecule has 0 fully saturated rings. The predicted molar refractivity (Wildman–Crippen MR) is 106 cm³/mol. The Morgan fingerprint density at radius 2 is 1.78 bits per heavy atom. The Hall–Kier alpha value is -2.31. The zero-order chi connectivity index (χ0) is 19.9. The lowest BCUT2D eigenvalue weighted by molar-refractivity contribution is 0.123. The first kappa shape index (κ1) is 19.5. The van der Waals surface area contributed by atoms with Crippen molar-refractivity contribution in [3.63, 3.8) is 0 Å². The number of nitrogens with zero attached hydrogens (tertiary/aromatic N) is 3. The van der Waals surface area contributed by atoms with Crippen molar-refractivity contribution in [3.8, 4) is 11.3 Å². The van der Waals surface area contributed by atoms with Gasteiger partial charge in [0.05, 0.1) is 18.4 Å². The van der Waals surface area contributed by atoms with E-state index in [1.54, 1.807) is 13.1 Å². The molecule has 0 aliphatic carbocycles. The molecule has 1 aliphatic rings. The van der Waals surface area contributed by atoms with Crippen molar-refractivity contribution in [2.75, 3.05) is 6.61 Å². The van der Waals surface area contributed by atoms with Gasteiger partial charge in [0.15, 0.2) is 5.76 Å². The van der Waals surface area contributed by atoms with E-state index in [-0.39, 0.29) is 6.61 Å². The highest BCUT2D eigenvalue weighted by Crippen LogP contribution is 2.41. The predicted octanol–water partition coefficient (Wildman–Crippen LogP) is 5.74. The second-order valence-electron chi connectivity index (χ2n) is 6.25. The van der Waals surface area contributed by atoms with Gasteiger partial charge in [-0.1, -0.05) is 28.4 Å². The summed E-state index contributed by atoms with van der Waals surface area (Å²) in [6, 6.07) is 0. The molecule has 2 aromatic rings. The Labute approximate surface area is 167 Å². The van der Waals surface area contributed by atoms with Gasteiger partial charge in [-0.3, -0.25) is 0 Å². The number of fused-ring (bicyclic) bond motifs is 1. The molecule has 0 saturated heterocycles. The zero-order valence-corrected chi connectivity index (χ0v) is 17.2. The minimum absolute atomic E-state index is 0.257. The van der Waals surface area contributed by atoms with Crippen LogP contribution in [0.15, 0.2) is 15.8 Å². The van der Waals surface area contributed by atoms with Crippen LogP contribution in [0.5, 0.6) is 0 Å². The Morgan fingerprint density at radius 3 is 2.37 bits per heavy atom. The standard InChI is InChI=1S/C19H19Cl2N3O3/c1-6-26-19(25)24-8-9(2)18-13(7-22-24)17(23-27-18)14-10(3)15(20)12(5)16(21)11(14)4/h7-8H,6H2,1-5H3. The zero-order valence-electron chi connectivity index (χ0n) is 15.7. The maximum absolute atomic E-state index is 12.0. The molecule has 0 radical (unpaired) electrons. The normalized spacial score (nSPS) is 13.3. The van der Waals surface area contributed by atoms with Gasteiger partial charge in [0.1, 0.15) is 5.69 Å². The fraction of sp³-hybridized carbons (Fsp3) is 0.316. The number of carbonyl (C=O) groups is 1. The maximum atomic E-state index is 12.0. The van der Waals surface area contributed by atoms with E-state index in [2.05, 4.69) is 10.3 Å². The lowest BCUT2D eigenvalue weighted by atomic mass is 9.94. The van der Waals surface area contributed by atoms with Gasteiger partial charge in [-0.15, -0.1) is 0 Å². The number of allylic oxidation sites excluding steroid dienone is 1. The number of aromatic nitrogens is 1. The van der Waals surface area contributed by atoms with E-state index in [1.807, 2.05) is 27.7 Å². The topological polar surface area (TPSA) is 67.9 Å². The first-order chi connectivity index (χ1) is 12.8. The summed E-state index contributed by atoms with van der Waals surface area (Å²) in [5.74, 6) is 0.521. The summed E-state index contributed by atoms with van der Waals surface area (Å²) < 4.78 is 10.6. The van der Waals surface area contributed by atoms with Gasteiger partial charge >= 0.3 is 6.09 Å². The highest BCUT2D eigenvalue weighted by Gasteiger charge is 2.26. The van der Waals surface area contributed by atoms with Gasteiger partial charge in [-0.25, -0.2) is 4.79 Å². The Balaban J connectivity index is 2.18. The summed E-state index contributed by atoms with van der Waals surface area (Å²) in [7, 11) is 0. The minimum atomic E-state index is -0.568. The molecule has 0 spiro atoms. The van der Waals surface area contributed by atoms with Gasteiger partial charge in [0.25, 0.3) is 0 Å². The molecule has 1 amide bonds. The highest BCUT2D eigenvalue weighted by atomic mass is 35.5. The number of hydrogen-bond donors (Lipinski definition) is 0. The molecule has 1 aromatic heterocycles. The molecule has 8 heteroatoms. The number of halogens is 2. The van der Waals surface area contributed by atoms with Crippen LogP contribution >= 0.6 is 23.2 Å². The Kier molecular flexibility index (Phi) is 5.31. The van der Waals surface area contributed by atoms with Crippen molar-refractivity contribution in [2.45, 2.75) is 34.6 Å². The molecular formula is C19H19Cl2N3O3. The summed E-state index contributed by atoms with van der Waals surface area (Å²) >= 11 is 12.9. The summed E-state index contributed by atoms with van der Waals surface area (Å²) in [4.78, 5) is 12.0. The van der Waals surface area contributed by atoms with Crippen LogP contribution in [-0.2, 0) is 4.74 Å². The van der Waals surface area contributed by atoms with E-state index in [0.29, 0.717) is 32.6 Å². The number of hydrogen-bond acceptors (Lipinski definition) is 5. The van der Waals surface area contributed by atoms with Crippen molar-refractivity contribution in [2.24, 2.45) is 5.10 Å². The molecule has 142 valence electrons. The van der Waals surface area contributed by atoms with Crippen LogP contribution in [0.3, 0.4) is 0 Å². The Bertz CT molecular complexity index is 964. The number of rotatable bonds is 2.